The van der Waals surface area contributed by atoms with Crippen LogP contribution in [0.25, 0.3) is 0 Å². The molecule has 0 bridgehead atoms. The summed E-state index contributed by atoms with van der Waals surface area (Å²) in [5.74, 6) is -0.964. The largest absolute Gasteiger partial charge is 0.476 e. The van der Waals surface area contributed by atoms with Gasteiger partial charge in [-0.25, -0.2) is 9.78 Å². The van der Waals surface area contributed by atoms with Gasteiger partial charge in [-0.05, 0) is 26.4 Å². The van der Waals surface area contributed by atoms with Gasteiger partial charge in [0, 0.05) is 18.0 Å². The summed E-state index contributed by atoms with van der Waals surface area (Å²) < 4.78 is 0. The molecule has 1 aromatic heterocycles. The zero-order valence-corrected chi connectivity index (χ0v) is 13.0. The van der Waals surface area contributed by atoms with E-state index < -0.39 is 5.97 Å². The van der Waals surface area contributed by atoms with Gasteiger partial charge in [0.1, 0.15) is 0 Å². The maximum Gasteiger partial charge on any atom is 0.355 e. The van der Waals surface area contributed by atoms with Crippen LogP contribution in [-0.4, -0.2) is 53.5 Å². The highest BCUT2D eigenvalue weighted by Crippen LogP contribution is 2.11. The Hall–Kier alpha value is -1.47. The fraction of sp³-hybridized carbons (Fsp3) is 0.615. The van der Waals surface area contributed by atoms with Gasteiger partial charge in [-0.1, -0.05) is 13.8 Å². The van der Waals surface area contributed by atoms with Crippen LogP contribution >= 0.6 is 11.3 Å². The molecule has 0 radical (unpaired) electrons. The maximum absolute atomic E-state index is 12.1. The van der Waals surface area contributed by atoms with E-state index in [1.807, 2.05) is 19.0 Å². The average Bonchev–Trinajstić information content (AvgIpc) is 2.75. The van der Waals surface area contributed by atoms with Gasteiger partial charge in [0.15, 0.2) is 10.7 Å². The number of amides is 1. The number of nitrogens with one attached hydrogen (secondary N) is 1. The van der Waals surface area contributed by atoms with Gasteiger partial charge in [-0.3, -0.25) is 4.79 Å². The number of carbonyl (C=O) groups excluding carboxylic acids is 1. The average molecular weight is 299 g/mol. The number of rotatable bonds is 7. The molecule has 2 N–H and O–H groups in total. The summed E-state index contributed by atoms with van der Waals surface area (Å²) in [4.78, 5) is 28.7. The minimum absolute atomic E-state index is 0.0229. The van der Waals surface area contributed by atoms with Crippen molar-refractivity contribution in [2.75, 3.05) is 20.6 Å². The van der Waals surface area contributed by atoms with Gasteiger partial charge >= 0.3 is 5.97 Å². The lowest BCUT2D eigenvalue weighted by atomic mass is 10.0. The van der Waals surface area contributed by atoms with Crippen molar-refractivity contribution >= 4 is 23.2 Å². The van der Waals surface area contributed by atoms with E-state index in [0.717, 1.165) is 24.3 Å². The minimum atomic E-state index is -1.12. The number of carbonyl (C=O) groups is 2. The van der Waals surface area contributed by atoms with Gasteiger partial charge in [0.2, 0.25) is 0 Å². The van der Waals surface area contributed by atoms with E-state index in [0.29, 0.717) is 5.92 Å². The molecule has 6 nitrogen and oxygen atoms in total. The molecule has 112 valence electrons. The van der Waals surface area contributed by atoms with E-state index in [1.54, 1.807) is 0 Å². The van der Waals surface area contributed by atoms with Crippen molar-refractivity contribution < 1.29 is 14.7 Å². The Bertz CT molecular complexity index is 461. The maximum atomic E-state index is 12.1. The molecule has 0 saturated carbocycles. The van der Waals surface area contributed by atoms with Crippen LogP contribution < -0.4 is 5.32 Å². The highest BCUT2D eigenvalue weighted by Gasteiger charge is 2.19. The zero-order chi connectivity index (χ0) is 15.3. The molecule has 0 aliphatic rings. The molecule has 1 rings (SSSR count). The Morgan fingerprint density at radius 1 is 1.45 bits per heavy atom. The number of carboxylic acid groups (broad SMARTS) is 1. The first-order chi connectivity index (χ1) is 9.29. The van der Waals surface area contributed by atoms with Crippen LogP contribution in [0.4, 0.5) is 0 Å². The predicted octanol–water partition coefficient (Wildman–Crippen LogP) is 1.55. The number of nitrogens with zero attached hydrogens (tertiary/aromatic N) is 2. The Morgan fingerprint density at radius 2 is 2.10 bits per heavy atom. The molecule has 0 aliphatic heterocycles. The van der Waals surface area contributed by atoms with Crippen molar-refractivity contribution in [3.05, 3.63) is 16.1 Å². The Labute approximate surface area is 122 Å². The Kier molecular flexibility index (Phi) is 6.09. The third kappa shape index (κ3) is 5.26. The predicted molar refractivity (Wildman–Crippen MR) is 78.3 cm³/mol. The summed E-state index contributed by atoms with van der Waals surface area (Å²) in [6.45, 7) is 4.93. The number of hydrogen-bond donors (Lipinski definition) is 2. The summed E-state index contributed by atoms with van der Waals surface area (Å²) >= 11 is 1.05. The van der Waals surface area contributed by atoms with E-state index in [4.69, 9.17) is 5.11 Å². The topological polar surface area (TPSA) is 82.5 Å². The second-order valence-corrected chi connectivity index (χ2v) is 6.26. The standard InChI is InChI=1S/C13H21N3O3S/c1-8(2)5-9(6-16(3)4)14-11(17)12-15-10(7-20-12)13(18)19/h7-9H,5-6H2,1-4H3,(H,14,17)(H,18,19). The smallest absolute Gasteiger partial charge is 0.355 e. The first kappa shape index (κ1) is 16.6. The number of likely N-dealkylation sites (N-methyl/N-ethyl adjacent to an activating group) is 1. The van der Waals surface area contributed by atoms with Crippen LogP contribution in [0.2, 0.25) is 0 Å². The Balaban J connectivity index is 2.70. The van der Waals surface area contributed by atoms with Crippen LogP contribution in [0.5, 0.6) is 0 Å². The van der Waals surface area contributed by atoms with Crippen LogP contribution in [0.3, 0.4) is 0 Å². The first-order valence-corrected chi connectivity index (χ1v) is 7.32. The normalized spacial score (nSPS) is 12.7. The quantitative estimate of drug-likeness (QED) is 0.798. The summed E-state index contributed by atoms with van der Waals surface area (Å²) in [7, 11) is 3.90. The van der Waals surface area contributed by atoms with Gasteiger partial charge in [0.25, 0.3) is 5.91 Å². The van der Waals surface area contributed by atoms with Gasteiger partial charge in [0.05, 0.1) is 0 Å². The molecule has 1 amide bonds. The molecular formula is C13H21N3O3S. The highest BCUT2D eigenvalue weighted by molar-refractivity contribution is 7.11. The fourth-order valence-electron chi connectivity index (χ4n) is 1.91. The number of carboxylic acids is 1. The molecule has 1 unspecified atom stereocenters. The molecule has 7 heteroatoms. The summed E-state index contributed by atoms with van der Waals surface area (Å²) in [5, 5.41) is 13.3. The molecule has 0 aromatic carbocycles. The van der Waals surface area contributed by atoms with Crippen molar-refractivity contribution in [3.8, 4) is 0 Å². The zero-order valence-electron chi connectivity index (χ0n) is 12.2. The fourth-order valence-corrected chi connectivity index (χ4v) is 2.61. The minimum Gasteiger partial charge on any atom is -0.476 e. The lowest BCUT2D eigenvalue weighted by Gasteiger charge is -2.23. The number of thiazole rings is 1. The summed E-state index contributed by atoms with van der Waals surface area (Å²) in [6, 6.07) is 0.0229. The van der Waals surface area contributed by atoms with E-state index in [-0.39, 0.29) is 22.7 Å². The number of hydrogen-bond acceptors (Lipinski definition) is 5. The van der Waals surface area contributed by atoms with E-state index in [1.165, 1.54) is 5.38 Å². The van der Waals surface area contributed by atoms with Crippen molar-refractivity contribution in [1.29, 1.82) is 0 Å². The SMILES string of the molecule is CC(C)CC(CN(C)C)NC(=O)c1nc(C(=O)O)cs1. The summed E-state index contributed by atoms with van der Waals surface area (Å²) in [5.41, 5.74) is -0.0897. The Morgan fingerprint density at radius 3 is 2.55 bits per heavy atom. The molecule has 1 heterocycles. The van der Waals surface area contributed by atoms with Gasteiger partial charge in [-0.15, -0.1) is 11.3 Å². The molecule has 20 heavy (non-hydrogen) atoms. The lowest BCUT2D eigenvalue weighted by molar-refractivity contribution is 0.0691. The monoisotopic (exact) mass is 299 g/mol. The highest BCUT2D eigenvalue weighted by atomic mass is 32.1. The lowest BCUT2D eigenvalue weighted by Crippen LogP contribution is -2.42. The van der Waals surface area contributed by atoms with Gasteiger partial charge < -0.3 is 15.3 Å². The van der Waals surface area contributed by atoms with Crippen LogP contribution in [0.1, 0.15) is 40.6 Å². The second-order valence-electron chi connectivity index (χ2n) is 5.41. The van der Waals surface area contributed by atoms with Crippen molar-refractivity contribution in [2.24, 2.45) is 5.92 Å². The third-order valence-electron chi connectivity index (χ3n) is 2.59. The van der Waals surface area contributed by atoms with Gasteiger partial charge in [-0.2, -0.15) is 0 Å². The molecule has 1 aromatic rings. The third-order valence-corrected chi connectivity index (χ3v) is 3.44. The van der Waals surface area contributed by atoms with Crippen molar-refractivity contribution in [1.82, 2.24) is 15.2 Å². The van der Waals surface area contributed by atoms with Crippen LogP contribution in [0.15, 0.2) is 5.38 Å². The van der Waals surface area contributed by atoms with E-state index in [9.17, 15) is 9.59 Å². The molecule has 1 atom stereocenters. The van der Waals surface area contributed by atoms with Crippen molar-refractivity contribution in [2.45, 2.75) is 26.3 Å². The van der Waals surface area contributed by atoms with Crippen LogP contribution in [-0.2, 0) is 0 Å². The van der Waals surface area contributed by atoms with E-state index >= 15 is 0 Å². The van der Waals surface area contributed by atoms with Crippen LogP contribution in [0, 0.1) is 5.92 Å². The molecular weight excluding hydrogens is 278 g/mol. The number of aromatic nitrogens is 1. The molecule has 0 saturated heterocycles. The second kappa shape index (κ2) is 7.35. The van der Waals surface area contributed by atoms with E-state index in [2.05, 4.69) is 24.1 Å². The first-order valence-electron chi connectivity index (χ1n) is 6.44. The van der Waals surface area contributed by atoms with Crippen molar-refractivity contribution in [3.63, 3.8) is 0 Å². The summed E-state index contributed by atoms with van der Waals surface area (Å²) in [6.07, 6.45) is 0.862. The number of aromatic carboxylic acids is 1. The molecule has 0 spiro atoms. The molecule has 0 aliphatic carbocycles. The molecule has 0 fully saturated rings.